The van der Waals surface area contributed by atoms with Crippen LogP contribution >= 0.6 is 0 Å². The van der Waals surface area contributed by atoms with Crippen molar-refractivity contribution in [2.24, 2.45) is 0 Å². The zero-order chi connectivity index (χ0) is 14.0. The number of carbonyl (C=O) groups is 1. The van der Waals surface area contributed by atoms with Crippen molar-refractivity contribution in [3.8, 4) is 0 Å². The number of aliphatic hydroxyl groups excluding tert-OH is 1. The molecule has 0 spiro atoms. The summed E-state index contributed by atoms with van der Waals surface area (Å²) in [4.78, 5) is 19.7. The first-order chi connectivity index (χ1) is 9.72. The van der Waals surface area contributed by atoms with Crippen LogP contribution in [0.15, 0.2) is 6.33 Å². The van der Waals surface area contributed by atoms with E-state index in [0.717, 1.165) is 11.4 Å². The number of rotatable bonds is 3. The number of amides is 1. The van der Waals surface area contributed by atoms with Gasteiger partial charge in [0.1, 0.15) is 0 Å². The highest BCUT2D eigenvalue weighted by Gasteiger charge is 2.36. The average molecular weight is 280 g/mol. The Bertz CT molecular complexity index is 482. The summed E-state index contributed by atoms with van der Waals surface area (Å²) in [5.74, 6) is -0.0744. The lowest BCUT2D eigenvalue weighted by molar-refractivity contribution is -0.127. The predicted octanol–water partition coefficient (Wildman–Crippen LogP) is -0.918. The van der Waals surface area contributed by atoms with E-state index in [4.69, 9.17) is 4.74 Å². The monoisotopic (exact) mass is 280 g/mol. The van der Waals surface area contributed by atoms with Crippen molar-refractivity contribution >= 4 is 5.91 Å². The maximum atomic E-state index is 12.4. The number of aromatic amines is 1. The molecule has 3 heterocycles. The van der Waals surface area contributed by atoms with Crippen molar-refractivity contribution in [3.05, 3.63) is 17.7 Å². The first-order valence-corrected chi connectivity index (χ1v) is 6.98. The van der Waals surface area contributed by atoms with Crippen LogP contribution in [0.4, 0.5) is 0 Å². The van der Waals surface area contributed by atoms with E-state index >= 15 is 0 Å². The number of hydrogen-bond donors (Lipinski definition) is 4. The summed E-state index contributed by atoms with van der Waals surface area (Å²) < 4.78 is 5.30. The number of carbonyl (C=O) groups excluding carboxylic acids is 1. The van der Waals surface area contributed by atoms with Crippen LogP contribution in [-0.2, 0) is 22.5 Å². The fraction of sp³-hybridized carbons (Fsp3) is 0.692. The van der Waals surface area contributed by atoms with Gasteiger partial charge in [0.25, 0.3) is 0 Å². The number of hydrogen-bond acceptors (Lipinski definition) is 5. The number of fused-ring (bicyclic) bond motifs is 1. The van der Waals surface area contributed by atoms with Gasteiger partial charge >= 0.3 is 0 Å². The van der Waals surface area contributed by atoms with Gasteiger partial charge in [-0.2, -0.15) is 0 Å². The normalized spacial score (nSPS) is 24.9. The van der Waals surface area contributed by atoms with E-state index in [0.29, 0.717) is 39.0 Å². The summed E-state index contributed by atoms with van der Waals surface area (Å²) in [5.41, 5.74) is 1.44. The fourth-order valence-electron chi connectivity index (χ4n) is 2.79. The van der Waals surface area contributed by atoms with Crippen molar-refractivity contribution < 1.29 is 14.6 Å². The molecular weight excluding hydrogens is 260 g/mol. The van der Waals surface area contributed by atoms with Gasteiger partial charge in [-0.1, -0.05) is 0 Å². The van der Waals surface area contributed by atoms with Crippen LogP contribution in [0.2, 0.25) is 0 Å². The van der Waals surface area contributed by atoms with Crippen LogP contribution < -0.4 is 10.6 Å². The number of nitrogens with one attached hydrogen (secondary N) is 3. The third-order valence-electron chi connectivity index (χ3n) is 4.19. The molecule has 20 heavy (non-hydrogen) atoms. The maximum absolute atomic E-state index is 12.4. The van der Waals surface area contributed by atoms with Gasteiger partial charge in [-0.25, -0.2) is 4.98 Å². The second-order valence-electron chi connectivity index (χ2n) is 5.51. The molecule has 1 atom stereocenters. The molecule has 1 aromatic heterocycles. The van der Waals surface area contributed by atoms with Crippen molar-refractivity contribution in [1.82, 2.24) is 20.6 Å². The van der Waals surface area contributed by atoms with E-state index in [9.17, 15) is 9.90 Å². The summed E-state index contributed by atoms with van der Waals surface area (Å²) in [6.45, 7) is 1.70. The molecule has 1 aromatic rings. The molecule has 7 heteroatoms. The van der Waals surface area contributed by atoms with E-state index in [1.807, 2.05) is 0 Å². The molecule has 0 aliphatic carbocycles. The minimum atomic E-state index is -0.539. The highest BCUT2D eigenvalue weighted by atomic mass is 16.5. The number of ether oxygens (including phenoxy) is 1. The Labute approximate surface area is 117 Å². The minimum Gasteiger partial charge on any atom is -0.394 e. The van der Waals surface area contributed by atoms with Crippen molar-refractivity contribution in [1.29, 1.82) is 0 Å². The zero-order valence-electron chi connectivity index (χ0n) is 11.3. The van der Waals surface area contributed by atoms with Gasteiger partial charge in [0.05, 0.1) is 35.9 Å². The first-order valence-electron chi connectivity index (χ1n) is 6.98. The van der Waals surface area contributed by atoms with Crippen LogP contribution in [0, 0.1) is 0 Å². The summed E-state index contributed by atoms with van der Waals surface area (Å²) in [7, 11) is 0. The fourth-order valence-corrected chi connectivity index (χ4v) is 2.79. The number of imidazole rings is 1. The average Bonchev–Trinajstić information content (AvgIpc) is 2.95. The Morgan fingerprint density at radius 3 is 3.10 bits per heavy atom. The van der Waals surface area contributed by atoms with Gasteiger partial charge in [-0.15, -0.1) is 0 Å². The maximum Gasteiger partial charge on any atom is 0.238 e. The Kier molecular flexibility index (Phi) is 3.73. The molecule has 1 unspecified atom stereocenters. The molecule has 1 amide bonds. The molecule has 4 N–H and O–H groups in total. The molecule has 7 nitrogen and oxygen atoms in total. The lowest BCUT2D eigenvalue weighted by atomic mass is 9.90. The quantitative estimate of drug-likeness (QED) is 0.574. The minimum absolute atomic E-state index is 0.0531. The van der Waals surface area contributed by atoms with Gasteiger partial charge in [-0.05, 0) is 12.8 Å². The molecule has 0 radical (unpaired) electrons. The van der Waals surface area contributed by atoms with Crippen LogP contribution in [0.25, 0.3) is 0 Å². The Balaban J connectivity index is 1.64. The van der Waals surface area contributed by atoms with Crippen LogP contribution in [-0.4, -0.2) is 52.4 Å². The first kappa shape index (κ1) is 13.5. The lowest BCUT2D eigenvalue weighted by Gasteiger charge is -2.37. The van der Waals surface area contributed by atoms with Gasteiger partial charge in [0.2, 0.25) is 5.91 Å². The third-order valence-corrected chi connectivity index (χ3v) is 4.19. The molecule has 0 aromatic carbocycles. The second kappa shape index (κ2) is 5.51. The zero-order valence-corrected chi connectivity index (χ0v) is 11.3. The largest absolute Gasteiger partial charge is 0.394 e. The summed E-state index contributed by atoms with van der Waals surface area (Å²) >= 11 is 0. The second-order valence-corrected chi connectivity index (χ2v) is 5.51. The van der Waals surface area contributed by atoms with Crippen molar-refractivity contribution in [3.63, 3.8) is 0 Å². The van der Waals surface area contributed by atoms with E-state index in [1.165, 1.54) is 0 Å². The van der Waals surface area contributed by atoms with E-state index in [-0.39, 0.29) is 18.6 Å². The van der Waals surface area contributed by atoms with E-state index < -0.39 is 5.54 Å². The van der Waals surface area contributed by atoms with Crippen molar-refractivity contribution in [2.45, 2.75) is 37.4 Å². The molecular formula is C13H20N4O3. The Hall–Kier alpha value is -1.44. The SMILES string of the molecule is O=C(NC1(CO)CCOCC1)C1Cc2nc[nH]c2CN1. The van der Waals surface area contributed by atoms with Crippen LogP contribution in [0.5, 0.6) is 0 Å². The summed E-state index contributed by atoms with van der Waals surface area (Å²) in [6.07, 6.45) is 3.52. The topological polar surface area (TPSA) is 99.3 Å². The van der Waals surface area contributed by atoms with Crippen molar-refractivity contribution in [2.75, 3.05) is 19.8 Å². The standard InChI is InChI=1S/C13H20N4O3/c18-7-13(1-3-20-4-2-13)17-12(19)10-5-9-11(6-14-10)16-8-15-9/h8,10,14,18H,1-7H2,(H,15,16)(H,17,19). The number of aliphatic hydroxyl groups is 1. The molecule has 2 aliphatic heterocycles. The lowest BCUT2D eigenvalue weighted by Crippen LogP contribution is -2.59. The predicted molar refractivity (Wildman–Crippen MR) is 70.9 cm³/mol. The van der Waals surface area contributed by atoms with Gasteiger partial charge < -0.3 is 20.1 Å². The summed E-state index contributed by atoms with van der Waals surface area (Å²) in [5, 5.41) is 15.8. The molecule has 2 aliphatic rings. The molecule has 1 fully saturated rings. The molecule has 1 saturated heterocycles. The van der Waals surface area contributed by atoms with Gasteiger partial charge in [0, 0.05) is 26.2 Å². The van der Waals surface area contributed by atoms with Gasteiger partial charge in [-0.3, -0.25) is 10.1 Å². The smallest absolute Gasteiger partial charge is 0.238 e. The Morgan fingerprint density at radius 2 is 2.35 bits per heavy atom. The highest BCUT2D eigenvalue weighted by Crippen LogP contribution is 2.21. The number of nitrogens with zero attached hydrogens (tertiary/aromatic N) is 1. The van der Waals surface area contributed by atoms with E-state index in [2.05, 4.69) is 20.6 Å². The summed E-state index contributed by atoms with van der Waals surface area (Å²) in [6, 6.07) is -0.294. The molecule has 0 bridgehead atoms. The number of H-pyrrole nitrogens is 1. The van der Waals surface area contributed by atoms with E-state index in [1.54, 1.807) is 6.33 Å². The highest BCUT2D eigenvalue weighted by molar-refractivity contribution is 5.83. The molecule has 0 saturated carbocycles. The Morgan fingerprint density at radius 1 is 1.55 bits per heavy atom. The van der Waals surface area contributed by atoms with Gasteiger partial charge in [0.15, 0.2) is 0 Å². The number of aromatic nitrogens is 2. The third kappa shape index (κ3) is 2.56. The molecule has 110 valence electrons. The molecule has 3 rings (SSSR count). The van der Waals surface area contributed by atoms with Crippen LogP contribution in [0.3, 0.4) is 0 Å². The van der Waals surface area contributed by atoms with Crippen LogP contribution in [0.1, 0.15) is 24.2 Å².